The van der Waals surface area contributed by atoms with Crippen LogP contribution in [0.1, 0.15) is 54.4 Å². The third-order valence-corrected chi connectivity index (χ3v) is 7.14. The van der Waals surface area contributed by atoms with Gasteiger partial charge in [0.05, 0.1) is 11.4 Å². The van der Waals surface area contributed by atoms with Crippen LogP contribution in [-0.2, 0) is 5.54 Å². The summed E-state index contributed by atoms with van der Waals surface area (Å²) in [5.74, 6) is 0.798. The zero-order valence-electron chi connectivity index (χ0n) is 18.1. The van der Waals surface area contributed by atoms with E-state index in [0.717, 1.165) is 46.6 Å². The minimum atomic E-state index is -0.170. The third kappa shape index (κ3) is 3.35. The zero-order valence-corrected chi connectivity index (χ0v) is 18.1. The fraction of sp³-hybridized carbons (Fsp3) is 0.286. The van der Waals surface area contributed by atoms with Crippen LogP contribution in [0.5, 0.6) is 0 Å². The van der Waals surface area contributed by atoms with Crippen molar-refractivity contribution < 1.29 is 4.79 Å². The maximum atomic E-state index is 12.8. The maximum Gasteiger partial charge on any atom is 0.164 e. The molecule has 0 bridgehead atoms. The molecule has 4 aromatic rings. The molecule has 4 heteroatoms. The van der Waals surface area contributed by atoms with Crippen LogP contribution in [0.2, 0.25) is 0 Å². The lowest BCUT2D eigenvalue weighted by molar-refractivity contribution is 0.0975. The molecule has 0 spiro atoms. The van der Waals surface area contributed by atoms with Gasteiger partial charge in [0.15, 0.2) is 5.78 Å². The summed E-state index contributed by atoms with van der Waals surface area (Å²) >= 11 is 0. The lowest BCUT2D eigenvalue weighted by Crippen LogP contribution is -2.43. The number of nitrogens with zero attached hydrogens (tertiary/aromatic N) is 2. The lowest BCUT2D eigenvalue weighted by Gasteiger charge is -2.38. The van der Waals surface area contributed by atoms with Gasteiger partial charge in [0.25, 0.3) is 0 Å². The van der Waals surface area contributed by atoms with Gasteiger partial charge in [-0.15, -0.1) is 0 Å². The molecule has 2 aromatic carbocycles. The van der Waals surface area contributed by atoms with E-state index in [1.54, 1.807) is 0 Å². The molecule has 0 radical (unpaired) electrons. The molecule has 32 heavy (non-hydrogen) atoms. The first-order valence-electron chi connectivity index (χ1n) is 11.6. The van der Waals surface area contributed by atoms with E-state index in [2.05, 4.69) is 40.8 Å². The Labute approximate surface area is 188 Å². The van der Waals surface area contributed by atoms with E-state index >= 15 is 0 Å². The summed E-state index contributed by atoms with van der Waals surface area (Å²) in [7, 11) is 0. The molecule has 0 atom stereocenters. The Morgan fingerprint density at radius 3 is 2.38 bits per heavy atom. The van der Waals surface area contributed by atoms with E-state index in [4.69, 9.17) is 10.7 Å². The van der Waals surface area contributed by atoms with Gasteiger partial charge in [-0.3, -0.25) is 9.20 Å². The van der Waals surface area contributed by atoms with E-state index < -0.39 is 0 Å². The zero-order chi connectivity index (χ0) is 21.7. The van der Waals surface area contributed by atoms with E-state index in [-0.39, 0.29) is 11.3 Å². The van der Waals surface area contributed by atoms with E-state index in [9.17, 15) is 4.79 Å². The van der Waals surface area contributed by atoms with Crippen LogP contribution < -0.4 is 5.73 Å². The van der Waals surface area contributed by atoms with Crippen LogP contribution in [0.3, 0.4) is 0 Å². The third-order valence-electron chi connectivity index (χ3n) is 7.14. The Morgan fingerprint density at radius 2 is 1.72 bits per heavy atom. The standard InChI is InChI=1S/C28H27N3O/c29-28(15-4-16-28)23-12-9-20(10-13-23)26-27(21-5-2-1-3-6-21)31-18-22(11-14-25(31)30-26)24(32)17-19-7-8-19/h1-3,5-6,9-14,18-19H,4,7-8,15-17,29H2. The second kappa shape index (κ2) is 7.42. The van der Waals surface area contributed by atoms with Gasteiger partial charge in [-0.05, 0) is 55.7 Å². The number of hydrogen-bond donors (Lipinski definition) is 1. The molecule has 4 nitrogen and oxygen atoms in total. The summed E-state index contributed by atoms with van der Waals surface area (Å²) in [4.78, 5) is 17.8. The molecular formula is C28H27N3O. The smallest absolute Gasteiger partial charge is 0.164 e. The number of benzene rings is 2. The number of ketones is 1. The van der Waals surface area contributed by atoms with Crippen molar-refractivity contribution in [2.45, 2.75) is 44.1 Å². The van der Waals surface area contributed by atoms with Gasteiger partial charge >= 0.3 is 0 Å². The number of fused-ring (bicyclic) bond motifs is 1. The molecule has 0 amide bonds. The van der Waals surface area contributed by atoms with Crippen LogP contribution in [-0.4, -0.2) is 15.2 Å². The predicted molar refractivity (Wildman–Crippen MR) is 127 cm³/mol. The first kappa shape index (κ1) is 19.4. The molecule has 0 unspecified atom stereocenters. The molecule has 2 saturated carbocycles. The Balaban J connectivity index is 1.47. The van der Waals surface area contributed by atoms with Crippen molar-refractivity contribution >= 4 is 11.4 Å². The fourth-order valence-corrected chi connectivity index (χ4v) is 4.79. The molecule has 160 valence electrons. The first-order valence-corrected chi connectivity index (χ1v) is 11.6. The summed E-state index contributed by atoms with van der Waals surface area (Å²) in [6, 6.07) is 22.8. The van der Waals surface area contributed by atoms with Crippen LogP contribution in [0, 0.1) is 5.92 Å². The number of pyridine rings is 1. The number of rotatable bonds is 6. The second-order valence-corrected chi connectivity index (χ2v) is 9.48. The van der Waals surface area contributed by atoms with Gasteiger partial charge in [-0.2, -0.15) is 0 Å². The quantitative estimate of drug-likeness (QED) is 0.389. The van der Waals surface area contributed by atoms with Gasteiger partial charge in [-0.25, -0.2) is 4.98 Å². The van der Waals surface area contributed by atoms with Gasteiger partial charge in [0.2, 0.25) is 0 Å². The molecule has 2 fully saturated rings. The predicted octanol–water partition coefficient (Wildman–Crippen LogP) is 5.99. The number of hydrogen-bond acceptors (Lipinski definition) is 3. The van der Waals surface area contributed by atoms with Crippen LogP contribution >= 0.6 is 0 Å². The van der Waals surface area contributed by atoms with Gasteiger partial charge < -0.3 is 5.73 Å². The minimum absolute atomic E-state index is 0.170. The number of carbonyl (C=O) groups is 1. The van der Waals surface area contributed by atoms with Crippen LogP contribution in [0.15, 0.2) is 72.9 Å². The van der Waals surface area contributed by atoms with Gasteiger partial charge in [-0.1, -0.05) is 54.6 Å². The average Bonchev–Trinajstić information content (AvgIpc) is 3.54. The average molecular weight is 422 g/mol. The number of carbonyl (C=O) groups excluding carboxylic acids is 1. The topological polar surface area (TPSA) is 60.4 Å². The molecule has 0 aliphatic heterocycles. The highest BCUT2D eigenvalue weighted by molar-refractivity contribution is 5.96. The van der Waals surface area contributed by atoms with E-state index in [1.165, 1.54) is 24.8 Å². The highest BCUT2D eigenvalue weighted by Crippen LogP contribution is 2.40. The van der Waals surface area contributed by atoms with Crippen molar-refractivity contribution in [1.29, 1.82) is 0 Å². The van der Waals surface area contributed by atoms with Crippen molar-refractivity contribution in [3.05, 3.63) is 84.1 Å². The monoisotopic (exact) mass is 421 g/mol. The molecule has 2 N–H and O–H groups in total. The van der Waals surface area contributed by atoms with Crippen molar-refractivity contribution in [3.8, 4) is 22.5 Å². The Bertz CT molecular complexity index is 1300. The van der Waals surface area contributed by atoms with Crippen molar-refractivity contribution in [3.63, 3.8) is 0 Å². The summed E-state index contributed by atoms with van der Waals surface area (Å²) < 4.78 is 2.08. The number of nitrogens with two attached hydrogens (primary N) is 1. The Kier molecular flexibility index (Phi) is 4.51. The highest BCUT2D eigenvalue weighted by Gasteiger charge is 2.34. The van der Waals surface area contributed by atoms with Crippen molar-refractivity contribution in [2.75, 3.05) is 0 Å². The summed E-state index contributed by atoms with van der Waals surface area (Å²) in [5.41, 5.74) is 13.2. The molecule has 2 aliphatic carbocycles. The SMILES string of the molecule is NC1(c2ccc(-c3nc4ccc(C(=O)CC5CC5)cn4c3-c3ccccc3)cc2)CCC1. The Morgan fingerprint density at radius 1 is 0.969 bits per heavy atom. The highest BCUT2D eigenvalue weighted by atomic mass is 16.1. The van der Waals surface area contributed by atoms with Crippen molar-refractivity contribution in [2.24, 2.45) is 11.7 Å². The molecule has 2 heterocycles. The minimum Gasteiger partial charge on any atom is -0.321 e. The lowest BCUT2D eigenvalue weighted by atomic mass is 9.72. The van der Waals surface area contributed by atoms with Crippen LogP contribution in [0.25, 0.3) is 28.2 Å². The summed E-state index contributed by atoms with van der Waals surface area (Å²) in [6.45, 7) is 0. The molecular weight excluding hydrogens is 394 g/mol. The maximum absolute atomic E-state index is 12.8. The van der Waals surface area contributed by atoms with E-state index in [1.807, 2.05) is 36.5 Å². The first-order chi connectivity index (χ1) is 15.6. The van der Waals surface area contributed by atoms with Gasteiger partial charge in [0, 0.05) is 34.8 Å². The molecule has 6 rings (SSSR count). The van der Waals surface area contributed by atoms with E-state index in [0.29, 0.717) is 12.3 Å². The largest absolute Gasteiger partial charge is 0.321 e. The molecule has 2 aliphatic rings. The normalized spacial score (nSPS) is 17.3. The molecule has 0 saturated heterocycles. The van der Waals surface area contributed by atoms with Gasteiger partial charge in [0.1, 0.15) is 5.65 Å². The van der Waals surface area contributed by atoms with Crippen LogP contribution in [0.4, 0.5) is 0 Å². The second-order valence-electron chi connectivity index (χ2n) is 9.48. The Hall–Kier alpha value is -3.24. The number of aromatic nitrogens is 2. The summed E-state index contributed by atoms with van der Waals surface area (Å²) in [6.07, 6.45) is 8.27. The number of imidazole rings is 1. The summed E-state index contributed by atoms with van der Waals surface area (Å²) in [5, 5.41) is 0. The molecule has 2 aromatic heterocycles. The number of Topliss-reactive ketones (excluding diaryl/α,β-unsaturated/α-hetero) is 1. The fourth-order valence-electron chi connectivity index (χ4n) is 4.79. The van der Waals surface area contributed by atoms with Crippen molar-refractivity contribution in [1.82, 2.24) is 9.38 Å².